The van der Waals surface area contributed by atoms with Crippen LogP contribution < -0.4 is 5.56 Å². The first-order valence-corrected chi connectivity index (χ1v) is 11.7. The molecule has 5 heterocycles. The van der Waals surface area contributed by atoms with Crippen LogP contribution in [-0.4, -0.2) is 47.4 Å². The molecule has 0 amide bonds. The van der Waals surface area contributed by atoms with Gasteiger partial charge in [0.15, 0.2) is 0 Å². The van der Waals surface area contributed by atoms with Crippen LogP contribution in [0.15, 0.2) is 46.8 Å². The van der Waals surface area contributed by atoms with Gasteiger partial charge in [-0.15, -0.1) is 11.3 Å². The molecule has 0 radical (unpaired) electrons. The van der Waals surface area contributed by atoms with Crippen molar-refractivity contribution in [1.29, 1.82) is 0 Å². The molecule has 8 heteroatoms. The Hall–Kier alpha value is -2.42. The van der Waals surface area contributed by atoms with E-state index in [9.17, 15) is 9.90 Å². The Morgan fingerprint density at radius 1 is 1.16 bits per heavy atom. The van der Waals surface area contributed by atoms with Crippen molar-refractivity contribution in [2.45, 2.75) is 69.8 Å². The third-order valence-electron chi connectivity index (χ3n) is 6.53. The number of aliphatic hydroxyl groups is 1. The van der Waals surface area contributed by atoms with Gasteiger partial charge in [-0.05, 0) is 50.1 Å². The minimum Gasteiger partial charge on any atom is -0.388 e. The molecule has 2 aliphatic heterocycles. The van der Waals surface area contributed by atoms with Crippen molar-refractivity contribution in [3.63, 3.8) is 0 Å². The molecule has 31 heavy (non-hydrogen) atoms. The Morgan fingerprint density at radius 2 is 1.90 bits per heavy atom. The maximum absolute atomic E-state index is 12.5. The molecule has 162 valence electrons. The maximum Gasteiger partial charge on any atom is 0.266 e. The number of fused-ring (bicyclic) bond motifs is 2. The van der Waals surface area contributed by atoms with Crippen LogP contribution in [0.2, 0.25) is 0 Å². The predicted molar refractivity (Wildman–Crippen MR) is 120 cm³/mol. The second-order valence-corrected chi connectivity index (χ2v) is 9.82. The molecule has 2 aliphatic rings. The van der Waals surface area contributed by atoms with Gasteiger partial charge in [0.2, 0.25) is 0 Å². The van der Waals surface area contributed by atoms with E-state index >= 15 is 0 Å². The van der Waals surface area contributed by atoms with Gasteiger partial charge in [-0.2, -0.15) is 5.10 Å². The minimum atomic E-state index is -0.930. The standard InChI is InChI=1S/C23H27N5O2S/c1-16-24-12-17(13-25-16)14-27-18-4-2-5-19(27)11-23(30,10-18)15-28-22(29)8-7-20(26-28)21-6-3-9-31-21/h3,6-9,12-13,18-19,30H,2,4-5,10-11,14-15H2,1H3/t18-,19-/m0/s1. The fourth-order valence-corrected chi connectivity index (χ4v) is 5.80. The molecule has 0 aromatic carbocycles. The highest BCUT2D eigenvalue weighted by Gasteiger charge is 2.45. The molecule has 2 fully saturated rings. The molecule has 3 aromatic heterocycles. The zero-order chi connectivity index (χ0) is 21.4. The Balaban J connectivity index is 1.35. The number of hydrogen-bond acceptors (Lipinski definition) is 7. The van der Waals surface area contributed by atoms with Crippen LogP contribution in [0.25, 0.3) is 10.6 Å². The summed E-state index contributed by atoms with van der Waals surface area (Å²) in [6, 6.07) is 7.86. The lowest BCUT2D eigenvalue weighted by Gasteiger charge is -2.52. The Morgan fingerprint density at radius 3 is 2.58 bits per heavy atom. The van der Waals surface area contributed by atoms with Crippen molar-refractivity contribution in [2.24, 2.45) is 0 Å². The number of rotatable bonds is 5. The SMILES string of the molecule is Cc1ncc(CN2[C@H]3CCC[C@H]2CC(O)(Cn2nc(-c4cccs4)ccc2=O)C3)cn1. The molecule has 0 unspecified atom stereocenters. The molecule has 7 nitrogen and oxygen atoms in total. The smallest absolute Gasteiger partial charge is 0.266 e. The van der Waals surface area contributed by atoms with Gasteiger partial charge in [0.25, 0.3) is 5.56 Å². The first-order valence-electron chi connectivity index (χ1n) is 10.9. The average molecular weight is 438 g/mol. The van der Waals surface area contributed by atoms with Crippen LogP contribution in [0.5, 0.6) is 0 Å². The zero-order valence-corrected chi connectivity index (χ0v) is 18.5. The summed E-state index contributed by atoms with van der Waals surface area (Å²) in [5.41, 5.74) is 0.781. The van der Waals surface area contributed by atoms with E-state index in [2.05, 4.69) is 20.0 Å². The van der Waals surface area contributed by atoms with E-state index in [1.54, 1.807) is 23.5 Å². The number of aryl methyl sites for hydroxylation is 1. The Bertz CT molecular complexity index is 1080. The van der Waals surface area contributed by atoms with E-state index in [1.807, 2.05) is 36.8 Å². The zero-order valence-electron chi connectivity index (χ0n) is 17.6. The van der Waals surface area contributed by atoms with Crippen LogP contribution in [0.1, 0.15) is 43.5 Å². The second kappa shape index (κ2) is 8.26. The normalized spacial score (nSPS) is 26.1. The minimum absolute atomic E-state index is 0.168. The largest absolute Gasteiger partial charge is 0.388 e. The number of piperidine rings is 2. The number of aromatic nitrogens is 4. The summed E-state index contributed by atoms with van der Waals surface area (Å²) in [5.74, 6) is 0.777. The molecule has 2 atom stereocenters. The quantitative estimate of drug-likeness (QED) is 0.661. The topological polar surface area (TPSA) is 84.1 Å². The van der Waals surface area contributed by atoms with E-state index in [-0.39, 0.29) is 24.2 Å². The molecule has 5 rings (SSSR count). The van der Waals surface area contributed by atoms with Crippen molar-refractivity contribution in [2.75, 3.05) is 0 Å². The van der Waals surface area contributed by atoms with Gasteiger partial charge in [0, 0.05) is 42.7 Å². The summed E-state index contributed by atoms with van der Waals surface area (Å²) in [4.78, 5) is 24.7. The lowest BCUT2D eigenvalue weighted by molar-refractivity contribution is -0.105. The van der Waals surface area contributed by atoms with Crippen molar-refractivity contribution in [3.8, 4) is 10.6 Å². The number of nitrogens with zero attached hydrogens (tertiary/aromatic N) is 5. The van der Waals surface area contributed by atoms with Gasteiger partial charge in [0.05, 0.1) is 17.0 Å². The average Bonchev–Trinajstić information content (AvgIpc) is 3.27. The van der Waals surface area contributed by atoms with Crippen molar-refractivity contribution in [3.05, 3.63) is 63.8 Å². The lowest BCUT2D eigenvalue weighted by Crippen LogP contribution is -2.59. The van der Waals surface area contributed by atoms with Gasteiger partial charge < -0.3 is 5.11 Å². The molecule has 3 aromatic rings. The van der Waals surface area contributed by atoms with Crippen LogP contribution in [-0.2, 0) is 13.1 Å². The summed E-state index contributed by atoms with van der Waals surface area (Å²) >= 11 is 1.59. The first kappa shape index (κ1) is 20.5. The molecule has 0 saturated carbocycles. The predicted octanol–water partition coefficient (Wildman–Crippen LogP) is 3.02. The van der Waals surface area contributed by atoms with Crippen molar-refractivity contribution in [1.82, 2.24) is 24.6 Å². The Kier molecular flexibility index (Phi) is 5.45. The molecule has 2 bridgehead atoms. The fraction of sp³-hybridized carbons (Fsp3) is 0.478. The molecular formula is C23H27N5O2S. The van der Waals surface area contributed by atoms with Gasteiger partial charge in [-0.1, -0.05) is 12.5 Å². The molecule has 2 saturated heterocycles. The molecule has 0 spiro atoms. The third kappa shape index (κ3) is 4.33. The summed E-state index contributed by atoms with van der Waals surface area (Å²) in [6.07, 6.45) is 8.39. The first-order chi connectivity index (χ1) is 15.0. The third-order valence-corrected chi connectivity index (χ3v) is 7.42. The highest BCUT2D eigenvalue weighted by atomic mass is 32.1. The maximum atomic E-state index is 12.5. The molecule has 0 aliphatic carbocycles. The van der Waals surface area contributed by atoms with Crippen molar-refractivity contribution < 1.29 is 5.11 Å². The van der Waals surface area contributed by atoms with Gasteiger partial charge in [-0.25, -0.2) is 14.6 Å². The van der Waals surface area contributed by atoms with Crippen LogP contribution in [0.4, 0.5) is 0 Å². The monoisotopic (exact) mass is 437 g/mol. The summed E-state index contributed by atoms with van der Waals surface area (Å²) in [5, 5.41) is 18.1. The Labute approximate surface area is 185 Å². The van der Waals surface area contributed by atoms with Gasteiger partial charge >= 0.3 is 0 Å². The highest BCUT2D eigenvalue weighted by molar-refractivity contribution is 7.13. The fourth-order valence-electron chi connectivity index (χ4n) is 5.11. The van der Waals surface area contributed by atoms with E-state index in [0.29, 0.717) is 12.8 Å². The van der Waals surface area contributed by atoms with Crippen LogP contribution >= 0.6 is 11.3 Å². The van der Waals surface area contributed by atoms with Gasteiger partial charge in [0.1, 0.15) is 11.5 Å². The van der Waals surface area contributed by atoms with E-state index in [0.717, 1.165) is 41.3 Å². The lowest BCUT2D eigenvalue weighted by atomic mass is 9.75. The van der Waals surface area contributed by atoms with Crippen LogP contribution in [0, 0.1) is 6.92 Å². The van der Waals surface area contributed by atoms with Gasteiger partial charge in [-0.3, -0.25) is 9.69 Å². The van der Waals surface area contributed by atoms with E-state index in [4.69, 9.17) is 0 Å². The number of thiophene rings is 1. The van der Waals surface area contributed by atoms with E-state index in [1.165, 1.54) is 11.1 Å². The van der Waals surface area contributed by atoms with Crippen LogP contribution in [0.3, 0.4) is 0 Å². The highest BCUT2D eigenvalue weighted by Crippen LogP contribution is 2.40. The molecule has 1 N–H and O–H groups in total. The summed E-state index contributed by atoms with van der Waals surface area (Å²) in [6.45, 7) is 2.93. The second-order valence-electron chi connectivity index (χ2n) is 8.87. The van der Waals surface area contributed by atoms with Crippen molar-refractivity contribution >= 4 is 11.3 Å². The number of hydrogen-bond donors (Lipinski definition) is 1. The summed E-state index contributed by atoms with van der Waals surface area (Å²) < 4.78 is 1.45. The summed E-state index contributed by atoms with van der Waals surface area (Å²) in [7, 11) is 0. The van der Waals surface area contributed by atoms with E-state index < -0.39 is 5.60 Å². The molecular weight excluding hydrogens is 410 g/mol.